The SMILES string of the molecule is COc1ccc(-c2c(C)ncnc2N2Cc3cn[nH]c3C2)c(C)c1. The summed E-state index contributed by atoms with van der Waals surface area (Å²) >= 11 is 0. The van der Waals surface area contributed by atoms with Crippen LogP contribution in [0.1, 0.15) is 22.5 Å². The van der Waals surface area contributed by atoms with E-state index in [-0.39, 0.29) is 0 Å². The van der Waals surface area contributed by atoms with Crippen molar-refractivity contribution in [2.45, 2.75) is 26.9 Å². The van der Waals surface area contributed by atoms with Gasteiger partial charge in [0.15, 0.2) is 0 Å². The Morgan fingerprint density at radius 2 is 2.04 bits per heavy atom. The Balaban J connectivity index is 1.80. The third-order valence-electron chi connectivity index (χ3n) is 4.54. The van der Waals surface area contributed by atoms with E-state index in [9.17, 15) is 0 Å². The predicted octanol–water partition coefficient (Wildman–Crippen LogP) is 3.01. The van der Waals surface area contributed by atoms with Crippen molar-refractivity contribution in [3.8, 4) is 16.9 Å². The van der Waals surface area contributed by atoms with Gasteiger partial charge >= 0.3 is 0 Å². The third kappa shape index (κ3) is 2.31. The predicted molar refractivity (Wildman–Crippen MR) is 92.0 cm³/mol. The Bertz CT molecular complexity index is 882. The molecule has 4 rings (SSSR count). The minimum atomic E-state index is 0.786. The van der Waals surface area contributed by atoms with Crippen LogP contribution >= 0.6 is 0 Å². The van der Waals surface area contributed by atoms with Crippen molar-refractivity contribution in [2.75, 3.05) is 12.0 Å². The van der Waals surface area contributed by atoms with E-state index in [2.05, 4.69) is 38.1 Å². The number of fused-ring (bicyclic) bond motifs is 1. The van der Waals surface area contributed by atoms with Gasteiger partial charge in [0, 0.05) is 17.7 Å². The summed E-state index contributed by atoms with van der Waals surface area (Å²) in [6.45, 7) is 5.71. The second kappa shape index (κ2) is 5.63. The molecule has 1 aliphatic rings. The van der Waals surface area contributed by atoms with Crippen LogP contribution in [0.3, 0.4) is 0 Å². The first kappa shape index (κ1) is 14.7. The van der Waals surface area contributed by atoms with E-state index in [1.807, 2.05) is 25.3 Å². The van der Waals surface area contributed by atoms with Gasteiger partial charge in [-0.25, -0.2) is 9.97 Å². The number of H-pyrrole nitrogens is 1. The van der Waals surface area contributed by atoms with Crippen LogP contribution in [0.15, 0.2) is 30.7 Å². The van der Waals surface area contributed by atoms with Crippen molar-refractivity contribution in [3.05, 3.63) is 53.2 Å². The third-order valence-corrected chi connectivity index (χ3v) is 4.54. The molecule has 0 unspecified atom stereocenters. The second-order valence-corrected chi connectivity index (χ2v) is 6.07. The summed E-state index contributed by atoms with van der Waals surface area (Å²) in [7, 11) is 1.68. The molecule has 6 nitrogen and oxygen atoms in total. The van der Waals surface area contributed by atoms with Gasteiger partial charge in [0.1, 0.15) is 17.9 Å². The summed E-state index contributed by atoms with van der Waals surface area (Å²) in [5.41, 5.74) is 6.72. The number of ether oxygens (including phenoxy) is 1. The van der Waals surface area contributed by atoms with Crippen LogP contribution in [0, 0.1) is 13.8 Å². The number of benzene rings is 1. The number of anilines is 1. The lowest BCUT2D eigenvalue weighted by Crippen LogP contribution is -2.18. The van der Waals surface area contributed by atoms with Gasteiger partial charge in [-0.3, -0.25) is 5.10 Å². The van der Waals surface area contributed by atoms with E-state index >= 15 is 0 Å². The highest BCUT2D eigenvalue weighted by molar-refractivity contribution is 5.80. The van der Waals surface area contributed by atoms with Gasteiger partial charge in [-0.05, 0) is 37.1 Å². The maximum absolute atomic E-state index is 5.33. The molecular weight excluding hydrogens is 302 g/mol. The zero-order valence-corrected chi connectivity index (χ0v) is 14.0. The van der Waals surface area contributed by atoms with Crippen molar-refractivity contribution in [3.63, 3.8) is 0 Å². The fourth-order valence-electron chi connectivity index (χ4n) is 3.27. The van der Waals surface area contributed by atoms with Crippen molar-refractivity contribution >= 4 is 5.82 Å². The minimum Gasteiger partial charge on any atom is -0.497 e. The Labute approximate surface area is 140 Å². The molecular formula is C18H19N5O. The lowest BCUT2D eigenvalue weighted by atomic mass is 9.99. The Kier molecular flexibility index (Phi) is 3.45. The van der Waals surface area contributed by atoms with Gasteiger partial charge in [0.2, 0.25) is 0 Å². The molecule has 0 aliphatic carbocycles. The minimum absolute atomic E-state index is 0.786. The van der Waals surface area contributed by atoms with E-state index in [0.29, 0.717) is 0 Å². The lowest BCUT2D eigenvalue weighted by molar-refractivity contribution is 0.414. The molecule has 24 heavy (non-hydrogen) atoms. The van der Waals surface area contributed by atoms with Crippen LogP contribution < -0.4 is 9.64 Å². The van der Waals surface area contributed by atoms with Crippen LogP contribution in [0.4, 0.5) is 5.82 Å². The van der Waals surface area contributed by atoms with Crippen LogP contribution in [-0.4, -0.2) is 27.3 Å². The monoisotopic (exact) mass is 321 g/mol. The standard InChI is InChI=1S/C18H19N5O/c1-11-6-14(24-3)4-5-15(11)17-12(2)19-10-20-18(17)23-8-13-7-21-22-16(13)9-23/h4-7,10H,8-9H2,1-3H3,(H,21,22). The second-order valence-electron chi connectivity index (χ2n) is 6.07. The highest BCUT2D eigenvalue weighted by Crippen LogP contribution is 2.37. The Morgan fingerprint density at radius 1 is 1.17 bits per heavy atom. The van der Waals surface area contributed by atoms with Crippen molar-refractivity contribution < 1.29 is 4.74 Å². The van der Waals surface area contributed by atoms with Gasteiger partial charge in [-0.15, -0.1) is 0 Å². The summed E-state index contributed by atoms with van der Waals surface area (Å²) in [4.78, 5) is 11.3. The number of nitrogens with zero attached hydrogens (tertiary/aromatic N) is 4. The quantitative estimate of drug-likeness (QED) is 0.803. The van der Waals surface area contributed by atoms with Crippen LogP contribution in [0.25, 0.3) is 11.1 Å². The molecule has 1 aliphatic heterocycles. The van der Waals surface area contributed by atoms with Gasteiger partial charge in [-0.2, -0.15) is 5.10 Å². The number of aromatic amines is 1. The highest BCUT2D eigenvalue weighted by atomic mass is 16.5. The summed E-state index contributed by atoms with van der Waals surface area (Å²) in [6, 6.07) is 6.11. The summed E-state index contributed by atoms with van der Waals surface area (Å²) in [6.07, 6.45) is 3.53. The van der Waals surface area contributed by atoms with Crippen LogP contribution in [0.5, 0.6) is 5.75 Å². The molecule has 0 saturated heterocycles. The number of aromatic nitrogens is 4. The molecule has 3 heterocycles. The molecule has 0 fully saturated rings. The fraction of sp³-hybridized carbons (Fsp3) is 0.278. The highest BCUT2D eigenvalue weighted by Gasteiger charge is 2.25. The lowest BCUT2D eigenvalue weighted by Gasteiger charge is -2.22. The van der Waals surface area contributed by atoms with Crippen LogP contribution in [0.2, 0.25) is 0 Å². The number of hydrogen-bond donors (Lipinski definition) is 1. The molecule has 0 radical (unpaired) electrons. The Hall–Kier alpha value is -2.89. The molecule has 6 heteroatoms. The van der Waals surface area contributed by atoms with Gasteiger partial charge < -0.3 is 9.64 Å². The molecule has 0 bridgehead atoms. The number of nitrogens with one attached hydrogen (secondary N) is 1. The van der Waals surface area contributed by atoms with E-state index in [1.54, 1.807) is 13.4 Å². The normalized spacial score (nSPS) is 13.2. The molecule has 0 spiro atoms. The summed E-state index contributed by atoms with van der Waals surface area (Å²) in [5.74, 6) is 1.81. The molecule has 2 aromatic heterocycles. The van der Waals surface area contributed by atoms with Crippen molar-refractivity contribution in [2.24, 2.45) is 0 Å². The first-order valence-corrected chi connectivity index (χ1v) is 7.90. The molecule has 3 aromatic rings. The number of hydrogen-bond acceptors (Lipinski definition) is 5. The maximum atomic E-state index is 5.33. The molecule has 0 atom stereocenters. The van der Waals surface area contributed by atoms with Gasteiger partial charge in [0.25, 0.3) is 0 Å². The van der Waals surface area contributed by atoms with Gasteiger partial charge in [-0.1, -0.05) is 6.07 Å². The van der Waals surface area contributed by atoms with E-state index in [4.69, 9.17) is 4.74 Å². The average Bonchev–Trinajstić information content (AvgIpc) is 3.16. The first-order valence-electron chi connectivity index (χ1n) is 7.90. The number of aryl methyl sites for hydroxylation is 2. The largest absolute Gasteiger partial charge is 0.497 e. The fourth-order valence-corrected chi connectivity index (χ4v) is 3.27. The smallest absolute Gasteiger partial charge is 0.140 e. The van der Waals surface area contributed by atoms with Crippen molar-refractivity contribution in [1.82, 2.24) is 20.2 Å². The molecule has 0 amide bonds. The summed E-state index contributed by atoms with van der Waals surface area (Å²) in [5, 5.41) is 7.17. The van der Waals surface area contributed by atoms with E-state index < -0.39 is 0 Å². The molecule has 1 aromatic carbocycles. The molecule has 1 N–H and O–H groups in total. The van der Waals surface area contributed by atoms with E-state index in [0.717, 1.165) is 52.7 Å². The maximum Gasteiger partial charge on any atom is 0.140 e. The zero-order chi connectivity index (χ0) is 16.7. The first-order chi connectivity index (χ1) is 11.7. The molecule has 122 valence electrons. The number of methoxy groups -OCH3 is 1. The Morgan fingerprint density at radius 3 is 2.79 bits per heavy atom. The number of rotatable bonds is 3. The van der Waals surface area contributed by atoms with E-state index in [1.165, 1.54) is 5.56 Å². The zero-order valence-electron chi connectivity index (χ0n) is 14.0. The topological polar surface area (TPSA) is 66.9 Å². The van der Waals surface area contributed by atoms with Gasteiger partial charge in [0.05, 0.1) is 31.2 Å². The summed E-state index contributed by atoms with van der Waals surface area (Å²) < 4.78 is 5.33. The molecule has 0 saturated carbocycles. The average molecular weight is 321 g/mol. The van der Waals surface area contributed by atoms with Crippen molar-refractivity contribution in [1.29, 1.82) is 0 Å². The van der Waals surface area contributed by atoms with Crippen LogP contribution in [-0.2, 0) is 13.1 Å².